The Balaban J connectivity index is 3.02. The van der Waals surface area contributed by atoms with E-state index >= 15 is 0 Å². The smallest absolute Gasteiger partial charge is 0.247 e. The fourth-order valence-electron chi connectivity index (χ4n) is 2.05. The van der Waals surface area contributed by atoms with Gasteiger partial charge in [-0.15, -0.1) is 0 Å². The largest absolute Gasteiger partial charge is 0.495 e. The molecule has 3 N–H and O–H groups in total. The van der Waals surface area contributed by atoms with Gasteiger partial charge >= 0.3 is 0 Å². The van der Waals surface area contributed by atoms with Crippen molar-refractivity contribution in [2.75, 3.05) is 17.7 Å². The minimum absolute atomic E-state index is 0.0802. The van der Waals surface area contributed by atoms with E-state index in [0.29, 0.717) is 17.1 Å². The number of carbonyl (C=O) groups is 3. The molecule has 0 fully saturated rings. The summed E-state index contributed by atoms with van der Waals surface area (Å²) in [7, 11) is 1.48. The van der Waals surface area contributed by atoms with E-state index in [1.165, 1.54) is 21.0 Å². The number of ether oxygens (including phenoxy) is 1. The average Bonchev–Trinajstić information content (AvgIpc) is 2.43. The first-order valence-corrected chi connectivity index (χ1v) is 7.28. The predicted molar refractivity (Wildman–Crippen MR) is 88.4 cm³/mol. The second-order valence-electron chi connectivity index (χ2n) is 5.51. The van der Waals surface area contributed by atoms with Crippen LogP contribution in [-0.2, 0) is 14.4 Å². The molecule has 23 heavy (non-hydrogen) atoms. The average molecular weight is 321 g/mol. The van der Waals surface area contributed by atoms with Gasteiger partial charge in [0.05, 0.1) is 12.8 Å². The number of anilines is 2. The van der Waals surface area contributed by atoms with Crippen molar-refractivity contribution in [2.45, 2.75) is 33.7 Å². The number of amides is 3. The third-order valence-corrected chi connectivity index (χ3v) is 3.09. The lowest BCUT2D eigenvalue weighted by Gasteiger charge is -2.21. The van der Waals surface area contributed by atoms with E-state index < -0.39 is 6.04 Å². The summed E-state index contributed by atoms with van der Waals surface area (Å²) in [6.07, 6.45) is 0. The number of carbonyl (C=O) groups excluding carboxylic acids is 3. The highest BCUT2D eigenvalue weighted by Crippen LogP contribution is 2.28. The van der Waals surface area contributed by atoms with Crippen LogP contribution in [0.3, 0.4) is 0 Å². The molecule has 126 valence electrons. The Kier molecular flexibility index (Phi) is 6.56. The zero-order chi connectivity index (χ0) is 17.6. The minimum atomic E-state index is -0.665. The highest BCUT2D eigenvalue weighted by molar-refractivity contribution is 5.99. The first-order chi connectivity index (χ1) is 10.7. The van der Waals surface area contributed by atoms with E-state index in [0.717, 1.165) is 0 Å². The molecule has 0 aromatic heterocycles. The van der Waals surface area contributed by atoms with Gasteiger partial charge in [0.1, 0.15) is 11.8 Å². The van der Waals surface area contributed by atoms with Crippen molar-refractivity contribution < 1.29 is 19.1 Å². The molecule has 1 atom stereocenters. The van der Waals surface area contributed by atoms with Gasteiger partial charge in [-0.2, -0.15) is 0 Å². The topological polar surface area (TPSA) is 96.5 Å². The standard InChI is InChI=1S/C16H23N3O4/c1-9(2)15(18-11(4)21)16(22)19-13-8-12(17-10(3)20)6-7-14(13)23-5/h6-9,15H,1-5H3,(H,17,20)(H,18,21)(H,19,22)/t15-/m1/s1. The molecule has 0 saturated heterocycles. The molecule has 0 bridgehead atoms. The number of hydrogen-bond donors (Lipinski definition) is 3. The first kappa shape index (κ1) is 18.5. The Morgan fingerprint density at radius 3 is 2.17 bits per heavy atom. The Labute approximate surface area is 135 Å². The number of methoxy groups -OCH3 is 1. The Hall–Kier alpha value is -2.57. The van der Waals surface area contributed by atoms with E-state index in [4.69, 9.17) is 4.74 Å². The molecular weight excluding hydrogens is 298 g/mol. The molecule has 0 heterocycles. The monoisotopic (exact) mass is 321 g/mol. The van der Waals surface area contributed by atoms with Gasteiger partial charge in [0.25, 0.3) is 0 Å². The predicted octanol–water partition coefficient (Wildman–Crippen LogP) is 1.75. The molecule has 1 rings (SSSR count). The van der Waals surface area contributed by atoms with Crippen molar-refractivity contribution in [3.8, 4) is 5.75 Å². The Morgan fingerprint density at radius 1 is 1.04 bits per heavy atom. The van der Waals surface area contributed by atoms with Gasteiger partial charge in [-0.3, -0.25) is 14.4 Å². The molecule has 0 aliphatic carbocycles. The van der Waals surface area contributed by atoms with Crippen molar-refractivity contribution >= 4 is 29.1 Å². The van der Waals surface area contributed by atoms with E-state index in [1.54, 1.807) is 18.2 Å². The lowest BCUT2D eigenvalue weighted by molar-refractivity contribution is -0.126. The van der Waals surface area contributed by atoms with Gasteiger partial charge in [-0.05, 0) is 24.1 Å². The summed E-state index contributed by atoms with van der Waals surface area (Å²) >= 11 is 0. The summed E-state index contributed by atoms with van der Waals surface area (Å²) in [5.74, 6) is -0.474. The van der Waals surface area contributed by atoms with Crippen LogP contribution in [-0.4, -0.2) is 30.9 Å². The van der Waals surface area contributed by atoms with E-state index in [9.17, 15) is 14.4 Å². The van der Waals surface area contributed by atoms with E-state index in [2.05, 4.69) is 16.0 Å². The number of nitrogens with one attached hydrogen (secondary N) is 3. The lowest BCUT2D eigenvalue weighted by atomic mass is 10.0. The summed E-state index contributed by atoms with van der Waals surface area (Å²) in [6.45, 7) is 6.44. The van der Waals surface area contributed by atoms with Crippen molar-refractivity contribution in [3.05, 3.63) is 18.2 Å². The lowest BCUT2D eigenvalue weighted by Crippen LogP contribution is -2.46. The summed E-state index contributed by atoms with van der Waals surface area (Å²) in [6, 6.07) is 4.25. The highest BCUT2D eigenvalue weighted by Gasteiger charge is 2.24. The second-order valence-corrected chi connectivity index (χ2v) is 5.51. The van der Waals surface area contributed by atoms with Crippen LogP contribution in [0.25, 0.3) is 0 Å². The summed E-state index contributed by atoms with van der Waals surface area (Å²) in [5, 5.41) is 7.99. The van der Waals surface area contributed by atoms with Gasteiger partial charge in [0.15, 0.2) is 0 Å². The summed E-state index contributed by atoms with van der Waals surface area (Å²) in [4.78, 5) is 34.8. The molecule has 7 heteroatoms. The molecule has 1 aromatic rings. The third-order valence-electron chi connectivity index (χ3n) is 3.09. The normalized spacial score (nSPS) is 11.6. The van der Waals surface area contributed by atoms with Crippen molar-refractivity contribution in [2.24, 2.45) is 5.92 Å². The molecule has 0 radical (unpaired) electrons. The number of rotatable bonds is 6. The van der Waals surface area contributed by atoms with Gasteiger partial charge in [-0.25, -0.2) is 0 Å². The van der Waals surface area contributed by atoms with Gasteiger partial charge in [0.2, 0.25) is 17.7 Å². The van der Waals surface area contributed by atoms with Crippen LogP contribution in [0.2, 0.25) is 0 Å². The fourth-order valence-corrected chi connectivity index (χ4v) is 2.05. The van der Waals surface area contributed by atoms with Crippen LogP contribution < -0.4 is 20.7 Å². The van der Waals surface area contributed by atoms with Crippen LogP contribution in [0.5, 0.6) is 5.75 Å². The SMILES string of the molecule is COc1ccc(NC(C)=O)cc1NC(=O)[C@H](NC(C)=O)C(C)C. The van der Waals surface area contributed by atoms with Crippen molar-refractivity contribution in [1.82, 2.24) is 5.32 Å². The molecule has 0 aliphatic heterocycles. The molecule has 3 amide bonds. The maximum absolute atomic E-state index is 12.4. The maximum atomic E-state index is 12.4. The zero-order valence-electron chi connectivity index (χ0n) is 14.0. The highest BCUT2D eigenvalue weighted by atomic mass is 16.5. The van der Waals surface area contributed by atoms with E-state index in [-0.39, 0.29) is 23.6 Å². The first-order valence-electron chi connectivity index (χ1n) is 7.28. The molecular formula is C16H23N3O4. The maximum Gasteiger partial charge on any atom is 0.247 e. The van der Waals surface area contributed by atoms with E-state index in [1.807, 2.05) is 13.8 Å². The summed E-state index contributed by atoms with van der Waals surface area (Å²) in [5.41, 5.74) is 0.953. The quantitative estimate of drug-likeness (QED) is 0.743. The molecule has 0 unspecified atom stereocenters. The van der Waals surface area contributed by atoms with Crippen molar-refractivity contribution in [1.29, 1.82) is 0 Å². The molecule has 0 aliphatic rings. The molecule has 7 nitrogen and oxygen atoms in total. The molecule has 1 aromatic carbocycles. The van der Waals surface area contributed by atoms with Gasteiger partial charge in [-0.1, -0.05) is 13.8 Å². The van der Waals surface area contributed by atoms with Crippen LogP contribution in [0.1, 0.15) is 27.7 Å². The van der Waals surface area contributed by atoms with Gasteiger partial charge in [0, 0.05) is 19.5 Å². The van der Waals surface area contributed by atoms with Crippen LogP contribution in [0, 0.1) is 5.92 Å². The van der Waals surface area contributed by atoms with Gasteiger partial charge < -0.3 is 20.7 Å². The Morgan fingerprint density at radius 2 is 1.70 bits per heavy atom. The zero-order valence-corrected chi connectivity index (χ0v) is 14.0. The van der Waals surface area contributed by atoms with Crippen LogP contribution in [0.4, 0.5) is 11.4 Å². The Bertz CT molecular complexity index is 599. The summed E-state index contributed by atoms with van der Waals surface area (Å²) < 4.78 is 5.21. The third kappa shape index (κ3) is 5.61. The number of hydrogen-bond acceptors (Lipinski definition) is 4. The minimum Gasteiger partial charge on any atom is -0.495 e. The molecule has 0 saturated carbocycles. The van der Waals surface area contributed by atoms with Crippen molar-refractivity contribution in [3.63, 3.8) is 0 Å². The second kappa shape index (κ2) is 8.17. The van der Waals surface area contributed by atoms with Crippen LogP contribution in [0.15, 0.2) is 18.2 Å². The fraction of sp³-hybridized carbons (Fsp3) is 0.438. The van der Waals surface area contributed by atoms with Crippen LogP contribution >= 0.6 is 0 Å². The molecule has 0 spiro atoms. The number of benzene rings is 1.